The molecule has 0 unspecified atom stereocenters. The van der Waals surface area contributed by atoms with Crippen molar-refractivity contribution >= 4 is 17.3 Å². The van der Waals surface area contributed by atoms with Gasteiger partial charge in [0, 0.05) is 21.9 Å². The van der Waals surface area contributed by atoms with Gasteiger partial charge in [-0.05, 0) is 13.0 Å². The lowest BCUT2D eigenvalue weighted by molar-refractivity contribution is -0.192. The van der Waals surface area contributed by atoms with Crippen molar-refractivity contribution in [3.63, 3.8) is 0 Å². The Morgan fingerprint density at radius 3 is 2.50 bits per heavy atom. The van der Waals surface area contributed by atoms with E-state index in [-0.39, 0.29) is 6.04 Å². The molecule has 0 aliphatic heterocycles. The second kappa shape index (κ2) is 6.48. The van der Waals surface area contributed by atoms with Crippen molar-refractivity contribution in [2.24, 2.45) is 5.73 Å². The molecule has 20 heavy (non-hydrogen) atoms. The second-order valence-corrected chi connectivity index (χ2v) is 4.61. The number of thiophene rings is 1. The molecular weight excluding hydrogens is 297 g/mol. The topological polar surface area (TPSA) is 105 Å². The number of H-pyrrole nitrogens is 1. The number of halogens is 3. The summed E-state index contributed by atoms with van der Waals surface area (Å²) in [5, 5.41) is 16.8. The molecule has 0 radical (unpaired) electrons. The number of hydrogen-bond acceptors (Lipinski definition) is 5. The Kier molecular flexibility index (Phi) is 5.22. The maximum Gasteiger partial charge on any atom is 0.490 e. The Hall–Kier alpha value is -1.94. The monoisotopic (exact) mass is 308 g/mol. The highest BCUT2D eigenvalue weighted by atomic mass is 32.1. The summed E-state index contributed by atoms with van der Waals surface area (Å²) < 4.78 is 31.7. The normalized spacial score (nSPS) is 12.4. The molecular formula is C10H11F3N4O2S. The van der Waals surface area contributed by atoms with Gasteiger partial charge in [0.15, 0.2) is 5.82 Å². The number of rotatable bonds is 2. The van der Waals surface area contributed by atoms with Gasteiger partial charge in [0.2, 0.25) is 0 Å². The molecule has 1 atom stereocenters. The van der Waals surface area contributed by atoms with Crippen molar-refractivity contribution in [3.8, 4) is 11.4 Å². The van der Waals surface area contributed by atoms with E-state index in [0.29, 0.717) is 0 Å². The minimum atomic E-state index is -5.08. The van der Waals surface area contributed by atoms with Crippen LogP contribution in [-0.2, 0) is 4.79 Å². The van der Waals surface area contributed by atoms with E-state index in [1.165, 1.54) is 0 Å². The summed E-state index contributed by atoms with van der Waals surface area (Å²) in [6, 6.07) is 2.12. The van der Waals surface area contributed by atoms with Crippen LogP contribution in [0.3, 0.4) is 0 Å². The summed E-state index contributed by atoms with van der Waals surface area (Å²) in [7, 11) is 0. The Balaban J connectivity index is 0.000000246. The molecule has 0 aliphatic rings. The Morgan fingerprint density at radius 2 is 2.15 bits per heavy atom. The summed E-state index contributed by atoms with van der Waals surface area (Å²) in [6.07, 6.45) is -3.52. The molecule has 0 saturated carbocycles. The lowest BCUT2D eigenvalue weighted by Crippen LogP contribution is -2.21. The summed E-state index contributed by atoms with van der Waals surface area (Å²) in [5.41, 5.74) is 6.80. The minimum Gasteiger partial charge on any atom is -0.475 e. The highest BCUT2D eigenvalue weighted by molar-refractivity contribution is 7.10. The highest BCUT2D eigenvalue weighted by Gasteiger charge is 2.38. The zero-order chi connectivity index (χ0) is 15.3. The lowest BCUT2D eigenvalue weighted by atomic mass is 10.2. The molecule has 4 N–H and O–H groups in total. The zero-order valence-electron chi connectivity index (χ0n) is 10.2. The van der Waals surface area contributed by atoms with E-state index >= 15 is 0 Å². The quantitative estimate of drug-likeness (QED) is 0.788. The highest BCUT2D eigenvalue weighted by Crippen LogP contribution is 2.25. The molecule has 2 rings (SSSR count). The molecule has 110 valence electrons. The van der Waals surface area contributed by atoms with Crippen molar-refractivity contribution in [3.05, 3.63) is 22.7 Å². The van der Waals surface area contributed by atoms with Gasteiger partial charge in [-0.2, -0.15) is 13.2 Å². The van der Waals surface area contributed by atoms with Crippen LogP contribution >= 0.6 is 11.3 Å². The molecule has 0 aliphatic carbocycles. The lowest BCUT2D eigenvalue weighted by Gasteiger charge is -1.97. The average molecular weight is 308 g/mol. The number of aliphatic carboxylic acids is 1. The van der Waals surface area contributed by atoms with Gasteiger partial charge in [-0.1, -0.05) is 0 Å². The Morgan fingerprint density at radius 1 is 1.55 bits per heavy atom. The van der Waals surface area contributed by atoms with Crippen molar-refractivity contribution in [1.82, 2.24) is 15.2 Å². The van der Waals surface area contributed by atoms with Gasteiger partial charge in [-0.3, -0.25) is 0 Å². The first-order valence-corrected chi connectivity index (χ1v) is 6.10. The number of nitrogens with zero attached hydrogens (tertiary/aromatic N) is 2. The van der Waals surface area contributed by atoms with E-state index in [2.05, 4.69) is 15.2 Å². The Bertz CT molecular complexity index is 551. The van der Waals surface area contributed by atoms with Gasteiger partial charge in [-0.15, -0.1) is 21.5 Å². The SMILES string of the molecule is C[C@@H](N)c1cc(-c2nnc[nH]2)cs1.O=C(O)C(F)(F)F. The van der Waals surface area contributed by atoms with E-state index in [9.17, 15) is 13.2 Å². The fourth-order valence-corrected chi connectivity index (χ4v) is 1.91. The fourth-order valence-electron chi connectivity index (χ4n) is 1.06. The zero-order valence-corrected chi connectivity index (χ0v) is 11.0. The average Bonchev–Trinajstić information content (AvgIpc) is 2.99. The van der Waals surface area contributed by atoms with Crippen LogP contribution in [0.15, 0.2) is 17.8 Å². The van der Waals surface area contributed by atoms with Crippen LogP contribution in [0.25, 0.3) is 11.4 Å². The molecule has 0 saturated heterocycles. The molecule has 0 spiro atoms. The fraction of sp³-hybridized carbons (Fsp3) is 0.300. The van der Waals surface area contributed by atoms with Crippen LogP contribution in [0, 0.1) is 0 Å². The predicted molar refractivity (Wildman–Crippen MR) is 66.0 cm³/mol. The van der Waals surface area contributed by atoms with Crippen LogP contribution in [0.2, 0.25) is 0 Å². The largest absolute Gasteiger partial charge is 0.490 e. The number of carbonyl (C=O) groups is 1. The molecule has 2 heterocycles. The van der Waals surface area contributed by atoms with Gasteiger partial charge < -0.3 is 15.8 Å². The van der Waals surface area contributed by atoms with E-state index in [0.717, 1.165) is 16.3 Å². The number of alkyl halides is 3. The standard InChI is InChI=1S/C8H10N4S.C2HF3O2/c1-5(9)7-2-6(3-13-7)8-10-4-11-12-8;3-2(4,5)1(6)7/h2-5H,9H2,1H3,(H,10,11,12);(H,6,7)/t5-;/m1./s1. The molecule has 0 aromatic carbocycles. The van der Waals surface area contributed by atoms with Crippen molar-refractivity contribution in [1.29, 1.82) is 0 Å². The molecule has 2 aromatic rings. The van der Waals surface area contributed by atoms with Crippen LogP contribution in [0.5, 0.6) is 0 Å². The second-order valence-electron chi connectivity index (χ2n) is 3.67. The number of aromatic amines is 1. The van der Waals surface area contributed by atoms with Crippen LogP contribution in [-0.4, -0.2) is 32.4 Å². The molecule has 10 heteroatoms. The summed E-state index contributed by atoms with van der Waals surface area (Å²) in [4.78, 5) is 13.0. The molecule has 0 amide bonds. The first-order valence-electron chi connectivity index (χ1n) is 5.22. The maximum absolute atomic E-state index is 10.6. The van der Waals surface area contributed by atoms with Gasteiger partial charge >= 0.3 is 12.1 Å². The molecule has 2 aromatic heterocycles. The number of aromatic nitrogens is 3. The molecule has 0 fully saturated rings. The van der Waals surface area contributed by atoms with E-state index in [1.807, 2.05) is 18.4 Å². The number of carboxylic acid groups (broad SMARTS) is 1. The number of nitrogens with one attached hydrogen (secondary N) is 1. The van der Waals surface area contributed by atoms with Gasteiger partial charge in [0.1, 0.15) is 6.33 Å². The van der Waals surface area contributed by atoms with Crippen LogP contribution < -0.4 is 5.73 Å². The first kappa shape index (κ1) is 16.1. The third-order valence-corrected chi connectivity index (χ3v) is 3.13. The summed E-state index contributed by atoms with van der Waals surface area (Å²) in [6.45, 7) is 1.97. The third-order valence-electron chi connectivity index (χ3n) is 2.00. The summed E-state index contributed by atoms with van der Waals surface area (Å²) in [5.74, 6) is -1.96. The van der Waals surface area contributed by atoms with Crippen molar-refractivity contribution in [2.75, 3.05) is 0 Å². The van der Waals surface area contributed by atoms with E-state index < -0.39 is 12.1 Å². The minimum absolute atomic E-state index is 0.0849. The molecule has 6 nitrogen and oxygen atoms in total. The van der Waals surface area contributed by atoms with Crippen molar-refractivity contribution < 1.29 is 23.1 Å². The van der Waals surface area contributed by atoms with Gasteiger partial charge in [-0.25, -0.2) is 4.79 Å². The van der Waals surface area contributed by atoms with Crippen molar-refractivity contribution in [2.45, 2.75) is 19.1 Å². The van der Waals surface area contributed by atoms with Crippen LogP contribution in [0.4, 0.5) is 13.2 Å². The van der Waals surface area contributed by atoms with Gasteiger partial charge in [0.05, 0.1) is 0 Å². The van der Waals surface area contributed by atoms with E-state index in [4.69, 9.17) is 15.6 Å². The first-order chi connectivity index (χ1) is 9.21. The van der Waals surface area contributed by atoms with Gasteiger partial charge in [0.25, 0.3) is 0 Å². The van der Waals surface area contributed by atoms with E-state index in [1.54, 1.807) is 17.7 Å². The number of nitrogens with two attached hydrogens (primary N) is 1. The number of hydrogen-bond donors (Lipinski definition) is 3. The molecule has 0 bridgehead atoms. The number of carboxylic acids is 1. The third kappa shape index (κ3) is 4.63. The smallest absolute Gasteiger partial charge is 0.475 e. The van der Waals surface area contributed by atoms with Crippen LogP contribution in [0.1, 0.15) is 17.8 Å². The Labute approximate surface area is 115 Å². The summed E-state index contributed by atoms with van der Waals surface area (Å²) >= 11 is 1.64. The predicted octanol–water partition coefficient (Wildman–Crippen LogP) is 2.19. The maximum atomic E-state index is 10.6.